The predicted octanol–water partition coefficient (Wildman–Crippen LogP) is 3.24. The van der Waals surface area contributed by atoms with E-state index in [1.807, 2.05) is 27.7 Å². The molecule has 0 saturated heterocycles. The van der Waals surface area contributed by atoms with E-state index < -0.39 is 0 Å². The lowest BCUT2D eigenvalue weighted by Gasteiger charge is -2.29. The van der Waals surface area contributed by atoms with Crippen LogP contribution in [-0.4, -0.2) is 43.9 Å². The molecule has 158 valence electrons. The molecule has 0 unspecified atom stereocenters. The van der Waals surface area contributed by atoms with Crippen molar-refractivity contribution in [3.05, 3.63) is 0 Å². The van der Waals surface area contributed by atoms with Crippen molar-refractivity contribution in [1.82, 2.24) is 10.6 Å². The number of carbonyl (C=O) groups is 3. The lowest BCUT2D eigenvalue weighted by molar-refractivity contribution is -0.123. The van der Waals surface area contributed by atoms with Crippen molar-refractivity contribution in [3.63, 3.8) is 0 Å². The first-order chi connectivity index (χ1) is 12.9. The van der Waals surface area contributed by atoms with Crippen LogP contribution in [0.2, 0.25) is 0 Å². The van der Waals surface area contributed by atoms with Crippen molar-refractivity contribution < 1.29 is 19.1 Å². The van der Waals surface area contributed by atoms with Gasteiger partial charge >= 0.3 is 0 Å². The van der Waals surface area contributed by atoms with E-state index in [1.54, 1.807) is 7.11 Å². The molecule has 0 aromatic rings. The molecule has 0 spiro atoms. The van der Waals surface area contributed by atoms with Crippen molar-refractivity contribution in [2.75, 3.05) is 20.3 Å². The SMILES string of the molecule is CC.COCCC(=O)NCC1CCC(NC(=O)CCCC(=O)C(C)C)CC1. The second-order valence-corrected chi connectivity index (χ2v) is 7.31. The molecular formula is C21H40N2O4. The van der Waals surface area contributed by atoms with Gasteiger partial charge in [0.2, 0.25) is 11.8 Å². The van der Waals surface area contributed by atoms with E-state index in [9.17, 15) is 14.4 Å². The lowest BCUT2D eigenvalue weighted by Crippen LogP contribution is -2.39. The maximum atomic E-state index is 12.0. The highest BCUT2D eigenvalue weighted by atomic mass is 16.5. The summed E-state index contributed by atoms with van der Waals surface area (Å²) in [5, 5.41) is 6.03. The van der Waals surface area contributed by atoms with Gasteiger partial charge in [-0.15, -0.1) is 0 Å². The standard InChI is InChI=1S/C19H34N2O4.C2H6/c1-14(2)17(22)5-4-6-19(24)21-16-9-7-15(8-10-16)13-20-18(23)11-12-25-3;1-2/h14-16H,4-13H2,1-3H3,(H,20,23)(H,21,24);1-2H3. The van der Waals surface area contributed by atoms with Crippen LogP contribution in [0.4, 0.5) is 0 Å². The minimum atomic E-state index is 0.0354. The van der Waals surface area contributed by atoms with Crippen LogP contribution in [0.5, 0.6) is 0 Å². The molecule has 0 aromatic carbocycles. The molecule has 2 amide bonds. The number of carbonyl (C=O) groups excluding carboxylic acids is 3. The second kappa shape index (κ2) is 15.6. The minimum absolute atomic E-state index is 0.0354. The largest absolute Gasteiger partial charge is 0.384 e. The van der Waals surface area contributed by atoms with Crippen LogP contribution in [-0.2, 0) is 19.1 Å². The van der Waals surface area contributed by atoms with Crippen LogP contribution in [0.15, 0.2) is 0 Å². The lowest BCUT2D eigenvalue weighted by atomic mass is 9.86. The summed E-state index contributed by atoms with van der Waals surface area (Å²) >= 11 is 0. The van der Waals surface area contributed by atoms with Gasteiger partial charge in [0, 0.05) is 44.9 Å². The van der Waals surface area contributed by atoms with Crippen molar-refractivity contribution >= 4 is 17.6 Å². The number of amides is 2. The molecule has 1 aliphatic rings. The van der Waals surface area contributed by atoms with Crippen LogP contribution in [0, 0.1) is 11.8 Å². The third-order valence-corrected chi connectivity index (χ3v) is 4.80. The Bertz CT molecular complexity index is 430. The first-order valence-corrected chi connectivity index (χ1v) is 10.5. The summed E-state index contributed by atoms with van der Waals surface area (Å²) in [4.78, 5) is 35.1. The van der Waals surface area contributed by atoms with E-state index in [1.165, 1.54) is 0 Å². The first-order valence-electron chi connectivity index (χ1n) is 10.5. The molecule has 6 nitrogen and oxygen atoms in total. The monoisotopic (exact) mass is 384 g/mol. The predicted molar refractivity (Wildman–Crippen MR) is 108 cm³/mol. The quantitative estimate of drug-likeness (QED) is 0.573. The van der Waals surface area contributed by atoms with E-state index in [0.29, 0.717) is 44.8 Å². The molecular weight excluding hydrogens is 344 g/mol. The molecule has 1 saturated carbocycles. The molecule has 0 aromatic heterocycles. The van der Waals surface area contributed by atoms with Crippen molar-refractivity contribution in [2.45, 2.75) is 85.1 Å². The normalized spacial score (nSPS) is 19.0. The summed E-state index contributed by atoms with van der Waals surface area (Å²) in [5.74, 6) is 0.846. The molecule has 0 aliphatic heterocycles. The average molecular weight is 385 g/mol. The Morgan fingerprint density at radius 2 is 1.59 bits per heavy atom. The summed E-state index contributed by atoms with van der Waals surface area (Å²) in [7, 11) is 1.59. The van der Waals surface area contributed by atoms with E-state index in [4.69, 9.17) is 4.74 Å². The Morgan fingerprint density at radius 1 is 0.963 bits per heavy atom. The van der Waals surface area contributed by atoms with E-state index in [2.05, 4.69) is 10.6 Å². The Morgan fingerprint density at radius 3 is 2.15 bits per heavy atom. The van der Waals surface area contributed by atoms with Gasteiger partial charge in [0.1, 0.15) is 5.78 Å². The Hall–Kier alpha value is -1.43. The zero-order chi connectivity index (χ0) is 20.7. The maximum Gasteiger partial charge on any atom is 0.222 e. The number of ether oxygens (including phenoxy) is 1. The van der Waals surface area contributed by atoms with Gasteiger partial charge < -0.3 is 15.4 Å². The summed E-state index contributed by atoms with van der Waals surface area (Å²) in [6.07, 6.45) is 5.88. The first kappa shape index (κ1) is 25.6. The van der Waals surface area contributed by atoms with Crippen LogP contribution in [0.25, 0.3) is 0 Å². The van der Waals surface area contributed by atoms with E-state index in [-0.39, 0.29) is 29.6 Å². The summed E-state index contributed by atoms with van der Waals surface area (Å²) < 4.78 is 4.89. The van der Waals surface area contributed by atoms with Gasteiger partial charge in [0.25, 0.3) is 0 Å². The van der Waals surface area contributed by atoms with Crippen LogP contribution in [0.1, 0.15) is 79.1 Å². The van der Waals surface area contributed by atoms with Crippen molar-refractivity contribution in [1.29, 1.82) is 0 Å². The Labute approximate surface area is 165 Å². The molecule has 27 heavy (non-hydrogen) atoms. The number of hydrogen-bond donors (Lipinski definition) is 2. The third kappa shape index (κ3) is 12.6. The molecule has 1 fully saturated rings. The van der Waals surface area contributed by atoms with Crippen LogP contribution in [0.3, 0.4) is 0 Å². The highest BCUT2D eigenvalue weighted by molar-refractivity contribution is 5.81. The molecule has 1 rings (SSSR count). The van der Waals surface area contributed by atoms with Crippen LogP contribution < -0.4 is 10.6 Å². The number of nitrogens with one attached hydrogen (secondary N) is 2. The van der Waals surface area contributed by atoms with Crippen LogP contribution >= 0.6 is 0 Å². The van der Waals surface area contributed by atoms with E-state index in [0.717, 1.165) is 25.7 Å². The van der Waals surface area contributed by atoms with Gasteiger partial charge in [0.05, 0.1) is 6.61 Å². The zero-order valence-electron chi connectivity index (χ0n) is 17.9. The van der Waals surface area contributed by atoms with Gasteiger partial charge in [-0.1, -0.05) is 27.7 Å². The van der Waals surface area contributed by atoms with E-state index >= 15 is 0 Å². The fourth-order valence-electron chi connectivity index (χ4n) is 3.06. The van der Waals surface area contributed by atoms with Gasteiger partial charge in [-0.2, -0.15) is 0 Å². The molecule has 6 heteroatoms. The smallest absolute Gasteiger partial charge is 0.222 e. The average Bonchev–Trinajstić information content (AvgIpc) is 2.67. The van der Waals surface area contributed by atoms with Crippen molar-refractivity contribution in [2.24, 2.45) is 11.8 Å². The van der Waals surface area contributed by atoms with Gasteiger partial charge in [-0.05, 0) is 38.0 Å². The fourth-order valence-corrected chi connectivity index (χ4v) is 3.06. The maximum absolute atomic E-state index is 12.0. The highest BCUT2D eigenvalue weighted by Gasteiger charge is 2.22. The second-order valence-electron chi connectivity index (χ2n) is 7.31. The highest BCUT2D eigenvalue weighted by Crippen LogP contribution is 2.24. The Kier molecular flexibility index (Phi) is 14.8. The van der Waals surface area contributed by atoms with Crippen molar-refractivity contribution in [3.8, 4) is 0 Å². The minimum Gasteiger partial charge on any atom is -0.384 e. The number of ketones is 1. The summed E-state index contributed by atoms with van der Waals surface area (Å²) in [5.41, 5.74) is 0. The Balaban J connectivity index is 0.00000326. The molecule has 2 N–H and O–H groups in total. The summed E-state index contributed by atoms with van der Waals surface area (Å²) in [6, 6.07) is 0.230. The number of methoxy groups -OCH3 is 1. The van der Waals surface area contributed by atoms with Gasteiger partial charge in [0.15, 0.2) is 0 Å². The molecule has 0 radical (unpaired) electrons. The van der Waals surface area contributed by atoms with Gasteiger partial charge in [-0.25, -0.2) is 0 Å². The zero-order valence-corrected chi connectivity index (χ0v) is 17.9. The van der Waals surface area contributed by atoms with Gasteiger partial charge in [-0.3, -0.25) is 14.4 Å². The number of Topliss-reactive ketones (excluding diaryl/α,β-unsaturated/α-hetero) is 1. The number of hydrogen-bond acceptors (Lipinski definition) is 4. The molecule has 1 aliphatic carbocycles. The molecule has 0 heterocycles. The topological polar surface area (TPSA) is 84.5 Å². The number of rotatable bonds is 11. The summed E-state index contributed by atoms with van der Waals surface area (Å²) in [6.45, 7) is 8.94. The third-order valence-electron chi connectivity index (χ3n) is 4.80. The molecule has 0 bridgehead atoms. The molecule has 0 atom stereocenters. The fraction of sp³-hybridized carbons (Fsp3) is 0.857.